The van der Waals surface area contributed by atoms with Gasteiger partial charge in [0, 0.05) is 13.1 Å². The lowest BCUT2D eigenvalue weighted by Crippen LogP contribution is -2.55. The summed E-state index contributed by atoms with van der Waals surface area (Å²) in [7, 11) is -3.02. The van der Waals surface area contributed by atoms with Crippen molar-refractivity contribution in [2.45, 2.75) is 24.1 Å². The molecule has 2 N–H and O–H groups in total. The maximum atomic E-state index is 11.7. The van der Waals surface area contributed by atoms with Gasteiger partial charge < -0.3 is 15.4 Å². The van der Waals surface area contributed by atoms with Crippen LogP contribution >= 0.6 is 0 Å². The number of amides is 1. The minimum absolute atomic E-state index is 0.0310. The summed E-state index contributed by atoms with van der Waals surface area (Å²) in [5.74, 6) is 0.0811. The van der Waals surface area contributed by atoms with Crippen LogP contribution in [0.3, 0.4) is 0 Å². The molecule has 0 bridgehead atoms. The largest absolute Gasteiger partial charge is 0.369 e. The fraction of sp³-hybridized carbons (Fsp3) is 0.900. The van der Waals surface area contributed by atoms with Gasteiger partial charge in [-0.3, -0.25) is 4.79 Å². The van der Waals surface area contributed by atoms with Crippen molar-refractivity contribution in [2.24, 2.45) is 5.73 Å². The zero-order valence-corrected chi connectivity index (χ0v) is 10.5. The highest BCUT2D eigenvalue weighted by atomic mass is 32.2. The summed E-state index contributed by atoms with van der Waals surface area (Å²) in [6.07, 6.45) is 1.34. The molecule has 2 atom stereocenters. The van der Waals surface area contributed by atoms with Crippen molar-refractivity contribution in [3.05, 3.63) is 0 Å². The summed E-state index contributed by atoms with van der Waals surface area (Å²) in [5, 5.41) is -0.418. The first-order chi connectivity index (χ1) is 8.04. The highest BCUT2D eigenvalue weighted by Gasteiger charge is 2.37. The average molecular weight is 262 g/mol. The maximum absolute atomic E-state index is 11.7. The summed E-state index contributed by atoms with van der Waals surface area (Å²) in [6, 6.07) is -0.188. The van der Waals surface area contributed by atoms with Gasteiger partial charge in [0.05, 0.1) is 23.7 Å². The second-order valence-electron chi connectivity index (χ2n) is 4.58. The van der Waals surface area contributed by atoms with Crippen LogP contribution in [0.4, 0.5) is 0 Å². The van der Waals surface area contributed by atoms with E-state index in [1.165, 1.54) is 0 Å². The number of sulfone groups is 1. The van der Waals surface area contributed by atoms with Crippen molar-refractivity contribution >= 4 is 15.7 Å². The van der Waals surface area contributed by atoms with Crippen LogP contribution in [0.5, 0.6) is 0 Å². The van der Waals surface area contributed by atoms with E-state index in [1.807, 2.05) is 0 Å². The van der Waals surface area contributed by atoms with Crippen molar-refractivity contribution in [3.8, 4) is 0 Å². The van der Waals surface area contributed by atoms with Crippen molar-refractivity contribution < 1.29 is 17.9 Å². The topological polar surface area (TPSA) is 89.7 Å². The summed E-state index contributed by atoms with van der Waals surface area (Å²) >= 11 is 0. The van der Waals surface area contributed by atoms with Crippen LogP contribution in [0.2, 0.25) is 0 Å². The van der Waals surface area contributed by atoms with E-state index in [9.17, 15) is 13.2 Å². The van der Waals surface area contributed by atoms with Gasteiger partial charge in [0.25, 0.3) is 0 Å². The van der Waals surface area contributed by atoms with Crippen molar-refractivity contribution in [2.75, 3.05) is 32.1 Å². The first kappa shape index (κ1) is 12.8. The molecule has 6 nitrogen and oxygen atoms in total. The predicted molar refractivity (Wildman–Crippen MR) is 62.2 cm³/mol. The number of ether oxygens (including phenoxy) is 1. The molecule has 0 aromatic heterocycles. The third-order valence-electron chi connectivity index (χ3n) is 3.43. The molecule has 1 amide bonds. The molecular formula is C10H18N2O4S. The molecule has 2 aliphatic heterocycles. The molecule has 98 valence electrons. The summed E-state index contributed by atoms with van der Waals surface area (Å²) < 4.78 is 28.6. The minimum atomic E-state index is -3.02. The third kappa shape index (κ3) is 2.61. The Bertz CT molecular complexity index is 395. The lowest BCUT2D eigenvalue weighted by atomic mass is 10.2. The van der Waals surface area contributed by atoms with E-state index >= 15 is 0 Å². The highest BCUT2D eigenvalue weighted by molar-refractivity contribution is 7.92. The van der Waals surface area contributed by atoms with Crippen LogP contribution in [0.25, 0.3) is 0 Å². The molecule has 0 saturated carbocycles. The zero-order chi connectivity index (χ0) is 12.5. The fourth-order valence-corrected chi connectivity index (χ4v) is 4.20. The molecule has 2 rings (SSSR count). The fourth-order valence-electron chi connectivity index (χ4n) is 2.39. The van der Waals surface area contributed by atoms with Gasteiger partial charge >= 0.3 is 0 Å². The number of rotatable bonds is 3. The second kappa shape index (κ2) is 4.91. The van der Waals surface area contributed by atoms with E-state index in [0.717, 1.165) is 0 Å². The van der Waals surface area contributed by atoms with Crippen LogP contribution in [0, 0.1) is 0 Å². The normalized spacial score (nSPS) is 33.0. The molecule has 0 radical (unpaired) electrons. The van der Waals surface area contributed by atoms with Crippen molar-refractivity contribution in [3.63, 3.8) is 0 Å². The van der Waals surface area contributed by atoms with E-state index < -0.39 is 15.1 Å². The number of nitrogens with two attached hydrogens (primary N) is 1. The number of carbonyl (C=O) groups is 1. The number of hydrogen-bond donors (Lipinski definition) is 1. The monoisotopic (exact) mass is 262 g/mol. The standard InChI is InChI=1S/C10H18N2O4S/c11-4-8-6-16-7-10(13)12(8)5-9-2-1-3-17(9,14)15/h8-9H,1-7,11H2. The predicted octanol–water partition coefficient (Wildman–Crippen LogP) is -1.25. The van der Waals surface area contributed by atoms with Gasteiger partial charge in [-0.2, -0.15) is 0 Å². The quantitative estimate of drug-likeness (QED) is 0.686. The van der Waals surface area contributed by atoms with E-state index in [4.69, 9.17) is 10.5 Å². The van der Waals surface area contributed by atoms with E-state index in [2.05, 4.69) is 0 Å². The first-order valence-corrected chi connectivity index (χ1v) is 7.55. The molecule has 2 heterocycles. The Morgan fingerprint density at radius 3 is 2.82 bits per heavy atom. The Labute approximate surface area is 101 Å². The molecule has 2 fully saturated rings. The second-order valence-corrected chi connectivity index (χ2v) is 6.98. The van der Waals surface area contributed by atoms with E-state index in [1.54, 1.807) is 4.90 Å². The summed E-state index contributed by atoms with van der Waals surface area (Å²) in [4.78, 5) is 13.3. The summed E-state index contributed by atoms with van der Waals surface area (Å²) in [5.41, 5.74) is 5.57. The third-order valence-corrected chi connectivity index (χ3v) is 5.69. The molecular weight excluding hydrogens is 244 g/mol. The Morgan fingerprint density at radius 1 is 1.47 bits per heavy atom. The van der Waals surface area contributed by atoms with Gasteiger partial charge in [0.2, 0.25) is 5.91 Å². The smallest absolute Gasteiger partial charge is 0.248 e. The molecule has 2 aliphatic rings. The number of morpholine rings is 1. The van der Waals surface area contributed by atoms with E-state index in [0.29, 0.717) is 26.0 Å². The van der Waals surface area contributed by atoms with Crippen LogP contribution in [-0.4, -0.2) is 62.6 Å². The number of nitrogens with zero attached hydrogens (tertiary/aromatic N) is 1. The van der Waals surface area contributed by atoms with Crippen molar-refractivity contribution in [1.29, 1.82) is 0 Å². The van der Waals surface area contributed by atoms with Crippen LogP contribution < -0.4 is 5.73 Å². The van der Waals surface area contributed by atoms with Crippen LogP contribution in [-0.2, 0) is 19.4 Å². The zero-order valence-electron chi connectivity index (χ0n) is 9.67. The molecule has 2 unspecified atom stereocenters. The molecule has 17 heavy (non-hydrogen) atoms. The van der Waals surface area contributed by atoms with Gasteiger partial charge in [-0.15, -0.1) is 0 Å². The lowest BCUT2D eigenvalue weighted by Gasteiger charge is -2.36. The van der Waals surface area contributed by atoms with Crippen molar-refractivity contribution in [1.82, 2.24) is 4.90 Å². The van der Waals surface area contributed by atoms with E-state index in [-0.39, 0.29) is 30.9 Å². The van der Waals surface area contributed by atoms with Gasteiger partial charge in [0.1, 0.15) is 6.61 Å². The first-order valence-electron chi connectivity index (χ1n) is 5.83. The number of carbonyl (C=O) groups excluding carboxylic acids is 1. The van der Waals surface area contributed by atoms with Gasteiger partial charge in [0.15, 0.2) is 9.84 Å². The van der Waals surface area contributed by atoms with Gasteiger partial charge in [-0.1, -0.05) is 0 Å². The molecule has 7 heteroatoms. The molecule has 0 aromatic carbocycles. The van der Waals surface area contributed by atoms with Gasteiger partial charge in [-0.25, -0.2) is 8.42 Å². The highest BCUT2D eigenvalue weighted by Crippen LogP contribution is 2.22. The Morgan fingerprint density at radius 2 is 2.24 bits per heavy atom. The molecule has 0 aliphatic carbocycles. The molecule has 0 spiro atoms. The van der Waals surface area contributed by atoms with Crippen LogP contribution in [0.15, 0.2) is 0 Å². The Balaban J connectivity index is 2.07. The van der Waals surface area contributed by atoms with Gasteiger partial charge in [-0.05, 0) is 12.8 Å². The summed E-state index contributed by atoms with van der Waals surface area (Å²) in [6.45, 7) is 1.00. The Hall–Kier alpha value is -0.660. The molecule has 2 saturated heterocycles. The van der Waals surface area contributed by atoms with Crippen LogP contribution in [0.1, 0.15) is 12.8 Å². The lowest BCUT2D eigenvalue weighted by molar-refractivity contribution is -0.147. The SMILES string of the molecule is NCC1COCC(=O)N1CC1CCCS1(=O)=O. The average Bonchev–Trinajstić information content (AvgIpc) is 2.61. The number of hydrogen-bond acceptors (Lipinski definition) is 5. The minimum Gasteiger partial charge on any atom is -0.369 e. The maximum Gasteiger partial charge on any atom is 0.248 e. The molecule has 0 aromatic rings. The Kier molecular flexibility index (Phi) is 3.70.